The van der Waals surface area contributed by atoms with Crippen molar-refractivity contribution < 1.29 is 9.47 Å². The molecule has 21 heavy (non-hydrogen) atoms. The van der Waals surface area contributed by atoms with Crippen LogP contribution in [0.5, 0.6) is 11.5 Å². The Morgan fingerprint density at radius 3 is 1.86 bits per heavy atom. The summed E-state index contributed by atoms with van der Waals surface area (Å²) in [5, 5.41) is 0. The van der Waals surface area contributed by atoms with E-state index in [4.69, 9.17) is 27.4 Å². The second kappa shape index (κ2) is 7.64. The topological polar surface area (TPSA) is 44.5 Å². The van der Waals surface area contributed by atoms with Crippen LogP contribution in [0.1, 0.15) is 17.5 Å². The molecular weight excluding hydrogens is 282 g/mol. The molecule has 0 unspecified atom stereocenters. The average molecular weight is 301 g/mol. The third-order valence-corrected chi connectivity index (χ3v) is 3.22. The molecule has 0 amide bonds. The van der Waals surface area contributed by atoms with Crippen LogP contribution in [-0.4, -0.2) is 18.2 Å². The Kier molecular flexibility index (Phi) is 5.58. The van der Waals surface area contributed by atoms with Gasteiger partial charge in [-0.05, 0) is 43.3 Å². The second-order valence-electron chi connectivity index (χ2n) is 4.75. The molecule has 0 saturated heterocycles. The van der Waals surface area contributed by atoms with Gasteiger partial charge in [0.2, 0.25) is 0 Å². The summed E-state index contributed by atoms with van der Waals surface area (Å²) >= 11 is 4.90. The molecule has 0 heterocycles. The molecule has 4 heteroatoms. The molecule has 2 N–H and O–H groups in total. The third-order valence-electron chi connectivity index (χ3n) is 2.99. The van der Waals surface area contributed by atoms with Crippen LogP contribution in [0.3, 0.4) is 0 Å². The van der Waals surface area contributed by atoms with Crippen LogP contribution >= 0.6 is 12.2 Å². The largest absolute Gasteiger partial charge is 0.493 e. The predicted octanol–water partition coefficient (Wildman–Crippen LogP) is 3.48. The van der Waals surface area contributed by atoms with E-state index in [0.717, 1.165) is 23.5 Å². The number of thiocarbonyl (C=S) groups is 1. The molecule has 0 atom stereocenters. The van der Waals surface area contributed by atoms with Crippen LogP contribution in [0, 0.1) is 6.92 Å². The zero-order chi connectivity index (χ0) is 15.1. The summed E-state index contributed by atoms with van der Waals surface area (Å²) in [6, 6.07) is 15.5. The van der Waals surface area contributed by atoms with Crippen LogP contribution in [-0.2, 0) is 0 Å². The molecule has 0 aliphatic rings. The van der Waals surface area contributed by atoms with Crippen LogP contribution in [0.15, 0.2) is 48.5 Å². The van der Waals surface area contributed by atoms with Gasteiger partial charge in [-0.1, -0.05) is 29.9 Å². The average Bonchev–Trinajstić information content (AvgIpc) is 2.49. The van der Waals surface area contributed by atoms with Crippen molar-refractivity contribution in [2.24, 2.45) is 5.73 Å². The monoisotopic (exact) mass is 301 g/mol. The lowest BCUT2D eigenvalue weighted by Gasteiger charge is -2.08. The molecule has 0 aliphatic carbocycles. The standard InChI is InChI=1S/C17H19NO2S/c1-13-3-7-15(8-4-13)19-11-2-12-20-16-9-5-14(6-10-16)17(18)21/h3-10H,2,11-12H2,1H3,(H2,18,21). The maximum Gasteiger partial charge on any atom is 0.119 e. The van der Waals surface area contributed by atoms with Crippen molar-refractivity contribution in [3.8, 4) is 11.5 Å². The summed E-state index contributed by atoms with van der Waals surface area (Å²) in [5.41, 5.74) is 7.62. The molecule has 2 aromatic rings. The molecule has 0 saturated carbocycles. The minimum Gasteiger partial charge on any atom is -0.493 e. The van der Waals surface area contributed by atoms with Gasteiger partial charge in [0.1, 0.15) is 16.5 Å². The lowest BCUT2D eigenvalue weighted by molar-refractivity contribution is 0.247. The van der Waals surface area contributed by atoms with E-state index in [9.17, 15) is 0 Å². The van der Waals surface area contributed by atoms with E-state index in [1.54, 1.807) is 0 Å². The van der Waals surface area contributed by atoms with Gasteiger partial charge in [0.05, 0.1) is 13.2 Å². The zero-order valence-electron chi connectivity index (χ0n) is 12.0. The molecular formula is C17H19NO2S. The first kappa shape index (κ1) is 15.3. The second-order valence-corrected chi connectivity index (χ2v) is 5.19. The van der Waals surface area contributed by atoms with Gasteiger partial charge in [-0.15, -0.1) is 0 Å². The van der Waals surface area contributed by atoms with Gasteiger partial charge in [-0.25, -0.2) is 0 Å². The Bertz CT molecular complexity index is 579. The summed E-state index contributed by atoms with van der Waals surface area (Å²) in [7, 11) is 0. The number of hydrogen-bond acceptors (Lipinski definition) is 3. The first-order chi connectivity index (χ1) is 10.1. The quantitative estimate of drug-likeness (QED) is 0.628. The lowest BCUT2D eigenvalue weighted by atomic mass is 10.2. The highest BCUT2D eigenvalue weighted by Gasteiger charge is 1.98. The highest BCUT2D eigenvalue weighted by molar-refractivity contribution is 7.80. The molecule has 0 aromatic heterocycles. The molecule has 0 radical (unpaired) electrons. The molecule has 0 spiro atoms. The highest BCUT2D eigenvalue weighted by Crippen LogP contribution is 2.13. The van der Waals surface area contributed by atoms with Crippen molar-refractivity contribution in [1.82, 2.24) is 0 Å². The Labute approximate surface area is 130 Å². The van der Waals surface area contributed by atoms with Gasteiger partial charge < -0.3 is 15.2 Å². The van der Waals surface area contributed by atoms with E-state index >= 15 is 0 Å². The van der Waals surface area contributed by atoms with Gasteiger partial charge >= 0.3 is 0 Å². The fraction of sp³-hybridized carbons (Fsp3) is 0.235. The number of nitrogens with two attached hydrogens (primary N) is 1. The number of benzene rings is 2. The minimum atomic E-state index is 0.396. The number of rotatable bonds is 7. The van der Waals surface area contributed by atoms with Gasteiger partial charge in [0.15, 0.2) is 0 Å². The van der Waals surface area contributed by atoms with Crippen LogP contribution in [0.2, 0.25) is 0 Å². The Balaban J connectivity index is 1.67. The summed E-state index contributed by atoms with van der Waals surface area (Å²) in [5.74, 6) is 1.70. The smallest absolute Gasteiger partial charge is 0.119 e. The first-order valence-corrected chi connectivity index (χ1v) is 7.28. The van der Waals surface area contributed by atoms with Crippen LogP contribution < -0.4 is 15.2 Å². The van der Waals surface area contributed by atoms with Crippen molar-refractivity contribution in [3.63, 3.8) is 0 Å². The van der Waals surface area contributed by atoms with Crippen LogP contribution in [0.25, 0.3) is 0 Å². The minimum absolute atomic E-state index is 0.396. The Morgan fingerprint density at radius 2 is 1.38 bits per heavy atom. The van der Waals surface area contributed by atoms with E-state index in [0.29, 0.717) is 18.2 Å². The SMILES string of the molecule is Cc1ccc(OCCCOc2ccc(C(N)=S)cc2)cc1. The number of ether oxygens (including phenoxy) is 2. The molecule has 0 aliphatic heterocycles. The van der Waals surface area contributed by atoms with Crippen molar-refractivity contribution in [1.29, 1.82) is 0 Å². The number of hydrogen-bond donors (Lipinski definition) is 1. The van der Waals surface area contributed by atoms with E-state index in [1.807, 2.05) is 48.5 Å². The van der Waals surface area contributed by atoms with Crippen molar-refractivity contribution in [3.05, 3.63) is 59.7 Å². The molecule has 2 aromatic carbocycles. The summed E-state index contributed by atoms with van der Waals surface area (Å²) < 4.78 is 11.3. The van der Waals surface area contributed by atoms with E-state index in [1.165, 1.54) is 5.56 Å². The maximum atomic E-state index is 5.64. The highest BCUT2D eigenvalue weighted by atomic mass is 32.1. The Hall–Kier alpha value is -2.07. The van der Waals surface area contributed by atoms with E-state index < -0.39 is 0 Å². The predicted molar refractivity (Wildman–Crippen MR) is 89.1 cm³/mol. The van der Waals surface area contributed by atoms with Gasteiger partial charge in [-0.2, -0.15) is 0 Å². The lowest BCUT2D eigenvalue weighted by Crippen LogP contribution is -2.09. The molecule has 3 nitrogen and oxygen atoms in total. The van der Waals surface area contributed by atoms with E-state index in [-0.39, 0.29) is 0 Å². The van der Waals surface area contributed by atoms with Gasteiger partial charge in [0.25, 0.3) is 0 Å². The van der Waals surface area contributed by atoms with E-state index in [2.05, 4.69) is 6.92 Å². The molecule has 0 bridgehead atoms. The van der Waals surface area contributed by atoms with Crippen LogP contribution in [0.4, 0.5) is 0 Å². The normalized spacial score (nSPS) is 10.1. The first-order valence-electron chi connectivity index (χ1n) is 6.87. The van der Waals surface area contributed by atoms with Crippen molar-refractivity contribution in [2.45, 2.75) is 13.3 Å². The fourth-order valence-electron chi connectivity index (χ4n) is 1.79. The third kappa shape index (κ3) is 5.08. The van der Waals surface area contributed by atoms with Gasteiger partial charge in [0, 0.05) is 12.0 Å². The summed E-state index contributed by atoms with van der Waals surface area (Å²) in [6.45, 7) is 3.30. The molecule has 110 valence electrons. The maximum absolute atomic E-state index is 5.64. The van der Waals surface area contributed by atoms with Gasteiger partial charge in [-0.3, -0.25) is 0 Å². The Morgan fingerprint density at radius 1 is 0.905 bits per heavy atom. The summed E-state index contributed by atoms with van der Waals surface area (Å²) in [6.07, 6.45) is 0.824. The summed E-state index contributed by atoms with van der Waals surface area (Å²) in [4.78, 5) is 0.396. The van der Waals surface area contributed by atoms with Crippen molar-refractivity contribution in [2.75, 3.05) is 13.2 Å². The number of aryl methyl sites for hydroxylation is 1. The van der Waals surface area contributed by atoms with Crippen molar-refractivity contribution >= 4 is 17.2 Å². The zero-order valence-corrected chi connectivity index (χ0v) is 12.9. The molecule has 2 rings (SSSR count). The fourth-order valence-corrected chi connectivity index (χ4v) is 1.92. The molecule has 0 fully saturated rings.